The molecule has 8 heteroatoms. The van der Waals surface area contributed by atoms with Crippen LogP contribution in [0.2, 0.25) is 0 Å². The Balaban J connectivity index is 1.44. The maximum atomic E-state index is 14.5. The number of carbonyl (C=O) groups is 3. The Labute approximate surface area is 226 Å². The smallest absolute Gasteiger partial charge is 0.311 e. The molecule has 2 saturated heterocycles. The van der Waals surface area contributed by atoms with Crippen molar-refractivity contribution in [3.63, 3.8) is 0 Å². The summed E-state index contributed by atoms with van der Waals surface area (Å²) in [4.78, 5) is 45.4. The van der Waals surface area contributed by atoms with E-state index in [2.05, 4.69) is 0 Å². The molecular weight excluding hydrogens is 500 g/mol. The summed E-state index contributed by atoms with van der Waals surface area (Å²) in [5.74, 6) is -2.03. The third-order valence-electron chi connectivity index (χ3n) is 8.41. The van der Waals surface area contributed by atoms with Crippen molar-refractivity contribution in [2.75, 3.05) is 31.2 Å². The number of aliphatic hydroxyl groups is 1. The molecule has 6 rings (SSSR count). The number of unbranched alkanes of at least 4 members (excludes halogenated alkanes) is 2. The second kappa shape index (κ2) is 9.58. The highest BCUT2D eigenvalue weighted by molar-refractivity contribution is 8.02. The number of carbonyl (C=O) groups excluding carboxylic acids is 3. The third-order valence-corrected chi connectivity index (χ3v) is 10.2. The first kappa shape index (κ1) is 25.2. The molecule has 198 valence electrons. The molecule has 1 spiro atoms. The van der Waals surface area contributed by atoms with Crippen molar-refractivity contribution in [3.05, 3.63) is 66.8 Å². The summed E-state index contributed by atoms with van der Waals surface area (Å²) in [5, 5.41) is 11.4. The van der Waals surface area contributed by atoms with Crippen LogP contribution in [-0.4, -0.2) is 69.6 Å². The lowest BCUT2D eigenvalue weighted by Crippen LogP contribution is -2.53. The van der Waals surface area contributed by atoms with Crippen molar-refractivity contribution in [1.82, 2.24) is 4.90 Å². The number of fused-ring (bicyclic) bond motifs is 3. The largest absolute Gasteiger partial charge is 0.461 e. The van der Waals surface area contributed by atoms with E-state index in [1.54, 1.807) is 21.6 Å². The van der Waals surface area contributed by atoms with Gasteiger partial charge in [-0.05, 0) is 55.2 Å². The van der Waals surface area contributed by atoms with Gasteiger partial charge in [0.1, 0.15) is 12.6 Å². The van der Waals surface area contributed by atoms with Gasteiger partial charge < -0.3 is 19.6 Å². The fraction of sp³-hybridized carbons (Fsp3) is 0.433. The number of nitrogens with zero attached hydrogens (tertiary/aromatic N) is 2. The minimum Gasteiger partial charge on any atom is -0.461 e. The number of likely N-dealkylation sites (tertiary alicyclic amines) is 1. The molecular formula is C30H32N2O5S. The normalized spacial score (nSPS) is 32.2. The molecule has 38 heavy (non-hydrogen) atoms. The van der Waals surface area contributed by atoms with Gasteiger partial charge in [0.2, 0.25) is 5.91 Å². The number of amides is 2. The Morgan fingerprint density at radius 3 is 2.61 bits per heavy atom. The average Bonchev–Trinajstić information content (AvgIpc) is 3.16. The second-order valence-corrected chi connectivity index (χ2v) is 12.5. The first-order valence-corrected chi connectivity index (χ1v) is 14.1. The van der Waals surface area contributed by atoms with Crippen molar-refractivity contribution in [3.8, 4) is 0 Å². The van der Waals surface area contributed by atoms with Crippen LogP contribution in [0.3, 0.4) is 0 Å². The second-order valence-electron chi connectivity index (χ2n) is 10.7. The van der Waals surface area contributed by atoms with E-state index in [-0.39, 0.29) is 31.0 Å². The summed E-state index contributed by atoms with van der Waals surface area (Å²) in [7, 11) is 0. The number of ether oxygens (including phenoxy) is 1. The highest BCUT2D eigenvalue weighted by Crippen LogP contribution is 2.65. The highest BCUT2D eigenvalue weighted by atomic mass is 32.2. The molecule has 0 radical (unpaired) electrons. The maximum Gasteiger partial charge on any atom is 0.311 e. The molecule has 1 unspecified atom stereocenters. The Kier molecular flexibility index (Phi) is 6.35. The molecule has 7 nitrogen and oxygen atoms in total. The standard InChI is InChI=1S/C30H32N2O5S/c1-29-13-8-18-37-28(36)24(29)23-26(34)32(15-5-2-6-17-33)25-27(35)31(16-7-14-30(23,25)38-29)22-12-11-20-9-3-4-10-21(20)19-22/h3-4,7-14,19,23-25,33H,2,5-6,15-18H2,1H3/t23-,24+,25?,29-,30-/m0/s1. The number of aliphatic hydroxyl groups excluding tert-OH is 1. The van der Waals surface area contributed by atoms with Gasteiger partial charge in [-0.25, -0.2) is 0 Å². The molecule has 2 aromatic rings. The lowest BCUT2D eigenvalue weighted by atomic mass is 9.75. The van der Waals surface area contributed by atoms with Crippen LogP contribution < -0.4 is 4.90 Å². The summed E-state index contributed by atoms with van der Waals surface area (Å²) in [6.45, 7) is 3.06. The van der Waals surface area contributed by atoms with E-state index in [1.807, 2.05) is 73.7 Å². The monoisotopic (exact) mass is 532 g/mol. The molecule has 2 amide bonds. The predicted molar refractivity (Wildman–Crippen MR) is 148 cm³/mol. The van der Waals surface area contributed by atoms with Gasteiger partial charge in [0.25, 0.3) is 5.91 Å². The van der Waals surface area contributed by atoms with Crippen LogP contribution in [0, 0.1) is 11.8 Å². The van der Waals surface area contributed by atoms with Crippen molar-refractivity contribution >= 4 is 46.0 Å². The van der Waals surface area contributed by atoms with E-state index in [1.165, 1.54) is 0 Å². The Bertz CT molecular complexity index is 1360. The highest BCUT2D eigenvalue weighted by Gasteiger charge is 2.74. The Morgan fingerprint density at radius 1 is 0.974 bits per heavy atom. The summed E-state index contributed by atoms with van der Waals surface area (Å²) < 4.78 is 3.96. The first-order chi connectivity index (χ1) is 18.4. The number of rotatable bonds is 6. The summed E-state index contributed by atoms with van der Waals surface area (Å²) in [5.41, 5.74) is 0.786. The lowest BCUT2D eigenvalue weighted by molar-refractivity contribution is -0.152. The molecule has 0 aromatic heterocycles. The van der Waals surface area contributed by atoms with E-state index in [4.69, 9.17) is 4.74 Å². The van der Waals surface area contributed by atoms with Crippen molar-refractivity contribution in [2.24, 2.45) is 11.8 Å². The molecule has 5 atom stereocenters. The van der Waals surface area contributed by atoms with Crippen molar-refractivity contribution in [2.45, 2.75) is 41.7 Å². The number of hydrogen-bond acceptors (Lipinski definition) is 6. The topological polar surface area (TPSA) is 87.1 Å². The Morgan fingerprint density at radius 2 is 1.79 bits per heavy atom. The van der Waals surface area contributed by atoms with Gasteiger partial charge in [0, 0.05) is 30.1 Å². The minimum absolute atomic E-state index is 0.0931. The van der Waals surface area contributed by atoms with E-state index in [9.17, 15) is 19.5 Å². The van der Waals surface area contributed by atoms with E-state index in [0.717, 1.165) is 22.9 Å². The van der Waals surface area contributed by atoms with Crippen LogP contribution in [0.15, 0.2) is 66.8 Å². The van der Waals surface area contributed by atoms with Gasteiger partial charge >= 0.3 is 5.97 Å². The number of benzene rings is 2. The summed E-state index contributed by atoms with van der Waals surface area (Å²) in [6.07, 6.45) is 9.92. The molecule has 4 aliphatic heterocycles. The van der Waals surface area contributed by atoms with Crippen molar-refractivity contribution in [1.29, 1.82) is 0 Å². The molecule has 1 N–H and O–H groups in total. The average molecular weight is 533 g/mol. The zero-order chi connectivity index (χ0) is 26.5. The van der Waals surface area contributed by atoms with Crippen LogP contribution in [0.4, 0.5) is 5.69 Å². The first-order valence-electron chi connectivity index (χ1n) is 13.3. The van der Waals surface area contributed by atoms with Crippen LogP contribution in [0.1, 0.15) is 26.2 Å². The minimum atomic E-state index is -0.878. The van der Waals surface area contributed by atoms with E-state index < -0.39 is 27.4 Å². The van der Waals surface area contributed by atoms with E-state index in [0.29, 0.717) is 25.9 Å². The molecule has 2 aromatic carbocycles. The number of hydrogen-bond donors (Lipinski definition) is 1. The van der Waals surface area contributed by atoms with Gasteiger partial charge in [-0.1, -0.05) is 48.6 Å². The number of anilines is 1. The fourth-order valence-corrected chi connectivity index (χ4v) is 8.90. The number of thioether (sulfide) groups is 1. The fourth-order valence-electron chi connectivity index (χ4n) is 6.74. The quantitative estimate of drug-likeness (QED) is 0.347. The zero-order valence-electron chi connectivity index (χ0n) is 21.4. The van der Waals surface area contributed by atoms with Crippen LogP contribution in [0.5, 0.6) is 0 Å². The molecule has 4 aliphatic rings. The maximum absolute atomic E-state index is 14.5. The molecule has 0 saturated carbocycles. The van der Waals surface area contributed by atoms with E-state index >= 15 is 0 Å². The third kappa shape index (κ3) is 3.80. The van der Waals surface area contributed by atoms with Crippen LogP contribution in [-0.2, 0) is 19.1 Å². The zero-order valence-corrected chi connectivity index (χ0v) is 22.2. The van der Waals surface area contributed by atoms with Crippen molar-refractivity contribution < 1.29 is 24.2 Å². The van der Waals surface area contributed by atoms with Gasteiger partial charge in [0.15, 0.2) is 0 Å². The Hall–Kier alpha value is -3.10. The summed E-state index contributed by atoms with van der Waals surface area (Å²) >= 11 is 1.56. The van der Waals surface area contributed by atoms with Gasteiger partial charge in [-0.3, -0.25) is 14.4 Å². The predicted octanol–water partition coefficient (Wildman–Crippen LogP) is 3.71. The number of cyclic esters (lactones) is 1. The van der Waals surface area contributed by atoms with Crippen LogP contribution >= 0.6 is 11.8 Å². The summed E-state index contributed by atoms with van der Waals surface area (Å²) in [6, 6.07) is 13.3. The van der Waals surface area contributed by atoms with Crippen LogP contribution in [0.25, 0.3) is 10.8 Å². The molecule has 0 aliphatic carbocycles. The molecule has 0 bridgehead atoms. The molecule has 4 heterocycles. The molecule has 2 fully saturated rings. The number of esters is 1. The SMILES string of the molecule is C[C@]12C=CCOC(=O)[C@H]1[C@H]1C(=O)N(CCCCCO)C3C(=O)N(c4ccc5ccccc5c4)CC=C[C@@]31S2. The van der Waals surface area contributed by atoms with Gasteiger partial charge in [0.05, 0.1) is 16.6 Å². The van der Waals surface area contributed by atoms with Gasteiger partial charge in [-0.15, -0.1) is 11.8 Å². The van der Waals surface area contributed by atoms with Gasteiger partial charge in [-0.2, -0.15) is 0 Å². The lowest BCUT2D eigenvalue weighted by Gasteiger charge is -2.36.